The van der Waals surface area contributed by atoms with Crippen molar-refractivity contribution in [2.24, 2.45) is 5.92 Å². The number of nitrogens with one attached hydrogen (secondary N) is 1. The lowest BCUT2D eigenvalue weighted by Gasteiger charge is -2.39. The number of nitrogens with zero attached hydrogens (tertiary/aromatic N) is 2. The van der Waals surface area contributed by atoms with Gasteiger partial charge in [-0.05, 0) is 45.2 Å². The number of rotatable bonds is 4. The molecular formula is C19H27N3O2. The SMILES string of the molecule is Cc1ccc(CCN2CCC[C@H]([C@@]3(C)NC(=O)N(C)C3=O)C2)cc1. The second-order valence-electron chi connectivity index (χ2n) is 7.37. The van der Waals surface area contributed by atoms with Crippen LogP contribution in [0.15, 0.2) is 24.3 Å². The highest BCUT2D eigenvalue weighted by Crippen LogP contribution is 2.32. The number of carbonyl (C=O) groups excluding carboxylic acids is 2. The normalized spacial score (nSPS) is 28.3. The molecule has 0 aliphatic carbocycles. The number of amides is 3. The van der Waals surface area contributed by atoms with Crippen LogP contribution in [0.5, 0.6) is 0 Å². The Morgan fingerprint density at radius 3 is 2.58 bits per heavy atom. The summed E-state index contributed by atoms with van der Waals surface area (Å²) in [6.07, 6.45) is 3.07. The zero-order valence-electron chi connectivity index (χ0n) is 14.8. The molecular weight excluding hydrogens is 302 g/mol. The number of imide groups is 1. The van der Waals surface area contributed by atoms with Crippen LogP contribution in [0.4, 0.5) is 4.79 Å². The Morgan fingerprint density at radius 2 is 1.96 bits per heavy atom. The van der Waals surface area contributed by atoms with E-state index < -0.39 is 5.54 Å². The van der Waals surface area contributed by atoms with Gasteiger partial charge in [-0.15, -0.1) is 0 Å². The van der Waals surface area contributed by atoms with Gasteiger partial charge in [0.1, 0.15) is 5.54 Å². The first-order valence-corrected chi connectivity index (χ1v) is 8.78. The highest BCUT2D eigenvalue weighted by molar-refractivity contribution is 6.06. The van der Waals surface area contributed by atoms with Crippen molar-refractivity contribution < 1.29 is 9.59 Å². The molecule has 2 fully saturated rings. The van der Waals surface area contributed by atoms with Crippen LogP contribution in [-0.4, -0.2) is 54.0 Å². The number of hydrogen-bond acceptors (Lipinski definition) is 3. The molecule has 130 valence electrons. The Bertz CT molecular complexity index is 628. The maximum Gasteiger partial charge on any atom is 0.324 e. The monoisotopic (exact) mass is 329 g/mol. The van der Waals surface area contributed by atoms with E-state index >= 15 is 0 Å². The number of hydrogen-bond donors (Lipinski definition) is 1. The van der Waals surface area contributed by atoms with E-state index in [1.807, 2.05) is 6.92 Å². The van der Waals surface area contributed by atoms with E-state index in [1.54, 1.807) is 7.05 Å². The van der Waals surface area contributed by atoms with Crippen molar-refractivity contribution >= 4 is 11.9 Å². The molecule has 5 heteroatoms. The van der Waals surface area contributed by atoms with Gasteiger partial charge in [-0.25, -0.2) is 4.79 Å². The van der Waals surface area contributed by atoms with Gasteiger partial charge in [0.05, 0.1) is 0 Å². The molecule has 2 aliphatic heterocycles. The van der Waals surface area contributed by atoms with Gasteiger partial charge in [0, 0.05) is 26.1 Å². The van der Waals surface area contributed by atoms with Crippen molar-refractivity contribution in [1.82, 2.24) is 15.1 Å². The first kappa shape index (κ1) is 17.0. The Morgan fingerprint density at radius 1 is 1.25 bits per heavy atom. The Labute approximate surface area is 144 Å². The number of urea groups is 1. The van der Waals surface area contributed by atoms with Gasteiger partial charge in [-0.2, -0.15) is 0 Å². The summed E-state index contributed by atoms with van der Waals surface area (Å²) < 4.78 is 0. The first-order chi connectivity index (χ1) is 11.4. The third-order valence-corrected chi connectivity index (χ3v) is 5.58. The molecule has 24 heavy (non-hydrogen) atoms. The average Bonchev–Trinajstić information content (AvgIpc) is 2.79. The van der Waals surface area contributed by atoms with E-state index in [2.05, 4.69) is 41.4 Å². The predicted molar refractivity (Wildman–Crippen MR) is 93.8 cm³/mol. The molecule has 0 unspecified atom stereocenters. The zero-order valence-corrected chi connectivity index (χ0v) is 14.8. The van der Waals surface area contributed by atoms with Gasteiger partial charge in [0.15, 0.2) is 0 Å². The lowest BCUT2D eigenvalue weighted by Crippen LogP contribution is -2.55. The minimum absolute atomic E-state index is 0.0992. The highest BCUT2D eigenvalue weighted by Gasteiger charge is 2.51. The summed E-state index contributed by atoms with van der Waals surface area (Å²) in [5.74, 6) is 0.0727. The zero-order chi connectivity index (χ0) is 17.3. The first-order valence-electron chi connectivity index (χ1n) is 8.78. The minimum Gasteiger partial charge on any atom is -0.323 e. The Balaban J connectivity index is 1.61. The molecule has 2 saturated heterocycles. The molecule has 0 aromatic heterocycles. The molecule has 1 N–H and O–H groups in total. The van der Waals surface area contributed by atoms with Gasteiger partial charge in [0.2, 0.25) is 0 Å². The van der Waals surface area contributed by atoms with E-state index in [4.69, 9.17) is 0 Å². The van der Waals surface area contributed by atoms with Crippen molar-refractivity contribution in [1.29, 1.82) is 0 Å². The second kappa shape index (κ2) is 6.55. The lowest BCUT2D eigenvalue weighted by molar-refractivity contribution is -0.132. The molecule has 0 bridgehead atoms. The Hall–Kier alpha value is -1.88. The van der Waals surface area contributed by atoms with Crippen LogP contribution in [-0.2, 0) is 11.2 Å². The largest absolute Gasteiger partial charge is 0.324 e. The van der Waals surface area contributed by atoms with Crippen LogP contribution in [0.25, 0.3) is 0 Å². The van der Waals surface area contributed by atoms with E-state index in [1.165, 1.54) is 16.0 Å². The van der Waals surface area contributed by atoms with Gasteiger partial charge in [-0.3, -0.25) is 9.69 Å². The molecule has 0 radical (unpaired) electrons. The topological polar surface area (TPSA) is 52.7 Å². The standard InChI is InChI=1S/C19H27N3O2/c1-14-6-8-15(9-7-14)10-12-22-11-4-5-16(13-22)19(2)17(23)21(3)18(24)20-19/h6-9,16H,4-5,10-13H2,1-3H3,(H,20,24)/t16-,19+/m0/s1. The number of aryl methyl sites for hydroxylation is 1. The number of piperidine rings is 1. The second-order valence-corrected chi connectivity index (χ2v) is 7.37. The van der Waals surface area contributed by atoms with Gasteiger partial charge < -0.3 is 10.2 Å². The number of likely N-dealkylation sites (tertiary alicyclic amines) is 1. The van der Waals surface area contributed by atoms with Crippen LogP contribution in [0.1, 0.15) is 30.9 Å². The number of likely N-dealkylation sites (N-methyl/N-ethyl adjacent to an activating group) is 1. The van der Waals surface area contributed by atoms with Crippen LogP contribution >= 0.6 is 0 Å². The molecule has 2 aliphatic rings. The third kappa shape index (κ3) is 3.18. The number of benzene rings is 1. The quantitative estimate of drug-likeness (QED) is 0.862. The average molecular weight is 329 g/mol. The van der Waals surface area contributed by atoms with E-state index in [-0.39, 0.29) is 17.9 Å². The summed E-state index contributed by atoms with van der Waals surface area (Å²) in [7, 11) is 1.56. The lowest BCUT2D eigenvalue weighted by atomic mass is 9.80. The summed E-state index contributed by atoms with van der Waals surface area (Å²) in [4.78, 5) is 28.0. The maximum atomic E-state index is 12.5. The third-order valence-electron chi connectivity index (χ3n) is 5.58. The summed E-state index contributed by atoms with van der Waals surface area (Å²) in [6.45, 7) is 6.90. The van der Waals surface area contributed by atoms with Crippen molar-refractivity contribution in [2.75, 3.05) is 26.7 Å². The summed E-state index contributed by atoms with van der Waals surface area (Å²) in [6, 6.07) is 8.40. The van der Waals surface area contributed by atoms with Crippen LogP contribution < -0.4 is 5.32 Å². The summed E-state index contributed by atoms with van der Waals surface area (Å²) in [5, 5.41) is 2.91. The molecule has 1 aromatic rings. The molecule has 0 spiro atoms. The fourth-order valence-electron chi connectivity index (χ4n) is 3.85. The van der Waals surface area contributed by atoms with Crippen molar-refractivity contribution in [3.05, 3.63) is 35.4 Å². The molecule has 2 atom stereocenters. The molecule has 5 nitrogen and oxygen atoms in total. The van der Waals surface area contributed by atoms with Crippen molar-refractivity contribution in [3.63, 3.8) is 0 Å². The fourth-order valence-corrected chi connectivity index (χ4v) is 3.85. The maximum absolute atomic E-state index is 12.5. The van der Waals surface area contributed by atoms with E-state index in [0.29, 0.717) is 0 Å². The molecule has 3 rings (SSSR count). The Kier molecular flexibility index (Phi) is 4.63. The van der Waals surface area contributed by atoms with Crippen molar-refractivity contribution in [2.45, 2.75) is 38.6 Å². The van der Waals surface area contributed by atoms with Crippen LogP contribution in [0.3, 0.4) is 0 Å². The predicted octanol–water partition coefficient (Wildman–Crippen LogP) is 2.19. The smallest absolute Gasteiger partial charge is 0.323 e. The van der Waals surface area contributed by atoms with E-state index in [9.17, 15) is 9.59 Å². The van der Waals surface area contributed by atoms with Crippen molar-refractivity contribution in [3.8, 4) is 0 Å². The van der Waals surface area contributed by atoms with Gasteiger partial charge >= 0.3 is 6.03 Å². The van der Waals surface area contributed by atoms with Gasteiger partial charge in [0.25, 0.3) is 5.91 Å². The molecule has 3 amide bonds. The van der Waals surface area contributed by atoms with Crippen LogP contribution in [0, 0.1) is 12.8 Å². The fraction of sp³-hybridized carbons (Fsp3) is 0.579. The highest BCUT2D eigenvalue weighted by atomic mass is 16.2. The summed E-state index contributed by atoms with van der Waals surface area (Å²) >= 11 is 0. The minimum atomic E-state index is -0.756. The summed E-state index contributed by atoms with van der Waals surface area (Å²) in [5.41, 5.74) is 1.87. The van der Waals surface area contributed by atoms with Crippen LogP contribution in [0.2, 0.25) is 0 Å². The molecule has 2 heterocycles. The number of carbonyl (C=O) groups is 2. The molecule has 0 saturated carbocycles. The van der Waals surface area contributed by atoms with Gasteiger partial charge in [-0.1, -0.05) is 29.8 Å². The molecule has 1 aromatic carbocycles. The van der Waals surface area contributed by atoms with E-state index in [0.717, 1.165) is 38.9 Å².